The van der Waals surface area contributed by atoms with Crippen molar-refractivity contribution >= 4 is 29.3 Å². The molecule has 2 aromatic carbocycles. The fourth-order valence-electron chi connectivity index (χ4n) is 3.40. The van der Waals surface area contributed by atoms with Gasteiger partial charge in [0.2, 0.25) is 5.91 Å². The molecule has 2 amide bonds. The molecule has 2 aromatic rings. The van der Waals surface area contributed by atoms with Gasteiger partial charge in [0.25, 0.3) is 5.91 Å². The second-order valence-corrected chi connectivity index (χ2v) is 9.52. The second kappa shape index (κ2) is 10.7. The van der Waals surface area contributed by atoms with Gasteiger partial charge in [0.05, 0.1) is 6.42 Å². The van der Waals surface area contributed by atoms with Crippen LogP contribution < -0.4 is 10.1 Å². The lowest BCUT2D eigenvalue weighted by molar-refractivity contribution is -0.130. The summed E-state index contributed by atoms with van der Waals surface area (Å²) in [5, 5.41) is 2.90. The van der Waals surface area contributed by atoms with Gasteiger partial charge >= 0.3 is 0 Å². The fraction of sp³-hybridized carbons (Fsp3) is 0.440. The van der Waals surface area contributed by atoms with Crippen LogP contribution in [0.5, 0.6) is 5.75 Å². The van der Waals surface area contributed by atoms with Crippen molar-refractivity contribution in [1.82, 2.24) is 4.90 Å². The van der Waals surface area contributed by atoms with Crippen LogP contribution >= 0.6 is 11.8 Å². The third kappa shape index (κ3) is 6.50. The van der Waals surface area contributed by atoms with Crippen molar-refractivity contribution in [1.29, 1.82) is 0 Å². The number of rotatable bonds is 7. The SMILES string of the molecule is Cc1ccc(C(C)C)cc1OC(C)C(=O)Nc1ccc(CC(=O)N2CCSCC2)cc1. The van der Waals surface area contributed by atoms with Gasteiger partial charge in [-0.3, -0.25) is 9.59 Å². The van der Waals surface area contributed by atoms with Crippen LogP contribution in [0, 0.1) is 6.92 Å². The summed E-state index contributed by atoms with van der Waals surface area (Å²) >= 11 is 1.89. The van der Waals surface area contributed by atoms with Crippen LogP contribution in [0.15, 0.2) is 42.5 Å². The molecule has 1 aliphatic heterocycles. The molecule has 5 nitrogen and oxygen atoms in total. The lowest BCUT2D eigenvalue weighted by Gasteiger charge is -2.26. The molecule has 1 N–H and O–H groups in total. The van der Waals surface area contributed by atoms with Crippen molar-refractivity contribution in [2.45, 2.75) is 46.1 Å². The van der Waals surface area contributed by atoms with Crippen molar-refractivity contribution in [3.8, 4) is 5.75 Å². The number of nitrogens with one attached hydrogen (secondary N) is 1. The van der Waals surface area contributed by atoms with Crippen molar-refractivity contribution in [3.05, 3.63) is 59.2 Å². The number of hydrogen-bond acceptors (Lipinski definition) is 4. The molecule has 0 aliphatic carbocycles. The van der Waals surface area contributed by atoms with Crippen LogP contribution in [-0.4, -0.2) is 47.4 Å². The van der Waals surface area contributed by atoms with E-state index in [0.717, 1.165) is 41.5 Å². The molecule has 1 aliphatic rings. The number of anilines is 1. The van der Waals surface area contributed by atoms with Gasteiger partial charge in [-0.25, -0.2) is 0 Å². The monoisotopic (exact) mass is 440 g/mol. The first-order chi connectivity index (χ1) is 14.8. The summed E-state index contributed by atoms with van der Waals surface area (Å²) in [5.41, 5.74) is 3.83. The zero-order chi connectivity index (χ0) is 22.4. The number of thioether (sulfide) groups is 1. The first-order valence-corrected chi connectivity index (χ1v) is 12.0. The van der Waals surface area contributed by atoms with E-state index in [0.29, 0.717) is 18.0 Å². The van der Waals surface area contributed by atoms with E-state index in [9.17, 15) is 9.59 Å². The van der Waals surface area contributed by atoms with E-state index in [2.05, 4.69) is 25.2 Å². The minimum atomic E-state index is -0.626. The topological polar surface area (TPSA) is 58.6 Å². The van der Waals surface area contributed by atoms with Crippen molar-refractivity contribution in [3.63, 3.8) is 0 Å². The van der Waals surface area contributed by atoms with E-state index < -0.39 is 6.10 Å². The van der Waals surface area contributed by atoms with Gasteiger partial charge in [-0.1, -0.05) is 38.1 Å². The summed E-state index contributed by atoms with van der Waals surface area (Å²) in [7, 11) is 0. The van der Waals surface area contributed by atoms with Gasteiger partial charge in [-0.05, 0) is 54.7 Å². The number of amides is 2. The average molecular weight is 441 g/mol. The molecule has 0 aromatic heterocycles. The number of hydrogen-bond donors (Lipinski definition) is 1. The number of aryl methyl sites for hydroxylation is 1. The standard InChI is InChI=1S/C25H32N2O3S/c1-17(2)21-8-5-18(3)23(16-21)30-19(4)25(29)26-22-9-6-20(7-10-22)15-24(28)27-11-13-31-14-12-27/h5-10,16-17,19H,11-15H2,1-4H3,(H,26,29). The lowest BCUT2D eigenvalue weighted by Crippen LogP contribution is -2.38. The Balaban J connectivity index is 1.55. The smallest absolute Gasteiger partial charge is 0.265 e. The van der Waals surface area contributed by atoms with E-state index >= 15 is 0 Å². The van der Waals surface area contributed by atoms with Crippen LogP contribution in [0.1, 0.15) is 43.4 Å². The van der Waals surface area contributed by atoms with E-state index in [1.807, 2.05) is 60.0 Å². The highest BCUT2D eigenvalue weighted by molar-refractivity contribution is 7.99. The molecule has 0 radical (unpaired) electrons. The molecule has 6 heteroatoms. The maximum Gasteiger partial charge on any atom is 0.265 e. The first-order valence-electron chi connectivity index (χ1n) is 10.9. The fourth-order valence-corrected chi connectivity index (χ4v) is 4.30. The molecule has 1 heterocycles. The molecule has 0 saturated carbocycles. The Morgan fingerprint density at radius 2 is 1.74 bits per heavy atom. The van der Waals surface area contributed by atoms with Crippen LogP contribution in [0.2, 0.25) is 0 Å². The predicted molar refractivity (Wildman–Crippen MR) is 128 cm³/mol. The van der Waals surface area contributed by atoms with Crippen LogP contribution in [0.25, 0.3) is 0 Å². The summed E-state index contributed by atoms with van der Waals surface area (Å²) in [6.07, 6.45) is -0.233. The highest BCUT2D eigenvalue weighted by Crippen LogP contribution is 2.25. The Morgan fingerprint density at radius 3 is 2.39 bits per heavy atom. The largest absolute Gasteiger partial charge is 0.481 e. The summed E-state index contributed by atoms with van der Waals surface area (Å²) in [5.74, 6) is 3.11. The van der Waals surface area contributed by atoms with Crippen LogP contribution in [-0.2, 0) is 16.0 Å². The number of ether oxygens (including phenoxy) is 1. The molecule has 1 saturated heterocycles. The molecular weight excluding hydrogens is 408 g/mol. The summed E-state index contributed by atoms with van der Waals surface area (Å²) in [4.78, 5) is 27.0. The predicted octanol–water partition coefficient (Wildman–Crippen LogP) is 4.64. The quantitative estimate of drug-likeness (QED) is 0.681. The zero-order valence-corrected chi connectivity index (χ0v) is 19.6. The Labute approximate surface area is 189 Å². The van der Waals surface area contributed by atoms with Gasteiger partial charge in [-0.15, -0.1) is 0 Å². The van der Waals surface area contributed by atoms with E-state index in [1.54, 1.807) is 6.92 Å². The van der Waals surface area contributed by atoms with Gasteiger partial charge in [0.1, 0.15) is 5.75 Å². The van der Waals surface area contributed by atoms with Crippen molar-refractivity contribution < 1.29 is 14.3 Å². The van der Waals surface area contributed by atoms with E-state index in [4.69, 9.17) is 4.74 Å². The minimum absolute atomic E-state index is 0.165. The Bertz CT molecular complexity index is 905. The highest BCUT2D eigenvalue weighted by Gasteiger charge is 2.18. The minimum Gasteiger partial charge on any atom is -0.481 e. The zero-order valence-electron chi connectivity index (χ0n) is 18.8. The number of carbonyl (C=O) groups excluding carboxylic acids is 2. The molecule has 31 heavy (non-hydrogen) atoms. The van der Waals surface area contributed by atoms with Crippen LogP contribution in [0.4, 0.5) is 5.69 Å². The lowest BCUT2D eigenvalue weighted by atomic mass is 10.0. The molecule has 1 fully saturated rings. The van der Waals surface area contributed by atoms with Crippen molar-refractivity contribution in [2.24, 2.45) is 0 Å². The number of benzene rings is 2. The van der Waals surface area contributed by atoms with E-state index in [-0.39, 0.29) is 11.8 Å². The molecular formula is C25H32N2O3S. The molecule has 1 atom stereocenters. The molecule has 0 spiro atoms. The maximum absolute atomic E-state index is 12.6. The molecule has 166 valence electrons. The number of carbonyl (C=O) groups is 2. The summed E-state index contributed by atoms with van der Waals surface area (Å²) < 4.78 is 5.95. The molecule has 0 bridgehead atoms. The molecule has 1 unspecified atom stereocenters. The van der Waals surface area contributed by atoms with E-state index in [1.165, 1.54) is 5.56 Å². The van der Waals surface area contributed by atoms with Gasteiger partial charge in [0.15, 0.2) is 6.10 Å². The normalized spacial score (nSPS) is 14.9. The van der Waals surface area contributed by atoms with Gasteiger partial charge in [-0.2, -0.15) is 11.8 Å². The third-order valence-electron chi connectivity index (χ3n) is 5.49. The second-order valence-electron chi connectivity index (χ2n) is 8.30. The van der Waals surface area contributed by atoms with Gasteiger partial charge in [0, 0.05) is 30.3 Å². The first kappa shape index (κ1) is 23.2. The Kier molecular flexibility index (Phi) is 8.02. The number of nitrogens with zero attached hydrogens (tertiary/aromatic N) is 1. The van der Waals surface area contributed by atoms with Crippen LogP contribution in [0.3, 0.4) is 0 Å². The van der Waals surface area contributed by atoms with Crippen molar-refractivity contribution in [2.75, 3.05) is 29.9 Å². The summed E-state index contributed by atoms with van der Waals surface area (Å²) in [6.45, 7) is 9.65. The summed E-state index contributed by atoms with van der Waals surface area (Å²) in [6, 6.07) is 13.6. The third-order valence-corrected chi connectivity index (χ3v) is 6.43. The maximum atomic E-state index is 12.6. The highest BCUT2D eigenvalue weighted by atomic mass is 32.2. The Morgan fingerprint density at radius 1 is 1.06 bits per heavy atom. The van der Waals surface area contributed by atoms with Gasteiger partial charge < -0.3 is 15.0 Å². The average Bonchev–Trinajstić information content (AvgIpc) is 2.77. The molecule has 3 rings (SSSR count). The Hall–Kier alpha value is -2.47.